The van der Waals surface area contributed by atoms with Gasteiger partial charge in [0.25, 0.3) is 0 Å². The number of hydrogen-bond acceptors (Lipinski definition) is 8. The van der Waals surface area contributed by atoms with E-state index in [2.05, 4.69) is 56.7 Å². The number of piperidine rings is 2. The van der Waals surface area contributed by atoms with Gasteiger partial charge in [-0.25, -0.2) is 0 Å². The smallest absolute Gasteiger partial charge is 0.245 e. The van der Waals surface area contributed by atoms with Gasteiger partial charge in [0.15, 0.2) is 5.78 Å². The molecule has 3 fully saturated rings. The molecule has 3 aromatic rings. The molecule has 1 aromatic heterocycles. The van der Waals surface area contributed by atoms with E-state index in [-0.39, 0.29) is 35.8 Å². The van der Waals surface area contributed by atoms with Crippen molar-refractivity contribution in [3.63, 3.8) is 0 Å². The number of hydrogen-bond donors (Lipinski definition) is 2. The Morgan fingerprint density at radius 3 is 2.42 bits per heavy atom. The van der Waals surface area contributed by atoms with Crippen molar-refractivity contribution in [1.82, 2.24) is 25.4 Å². The maximum atomic E-state index is 14.6. The molecule has 2 N–H and O–H groups in total. The number of pyridine rings is 1. The number of nitrogens with one attached hydrogen (secondary N) is 2. The van der Waals surface area contributed by atoms with E-state index in [0.29, 0.717) is 83.8 Å². The van der Waals surface area contributed by atoms with Crippen LogP contribution in [0.25, 0.3) is 6.08 Å². The Kier molecular flexibility index (Phi) is 11.9. The van der Waals surface area contributed by atoms with Crippen LogP contribution < -0.4 is 15.5 Å². The lowest BCUT2D eigenvalue weighted by atomic mass is 9.80. The van der Waals surface area contributed by atoms with Gasteiger partial charge in [0, 0.05) is 76.4 Å². The van der Waals surface area contributed by atoms with E-state index in [1.807, 2.05) is 46.3 Å². The first kappa shape index (κ1) is 38.7. The Hall–Kier alpha value is -5.16. The molecule has 0 bridgehead atoms. The van der Waals surface area contributed by atoms with E-state index >= 15 is 0 Å². The van der Waals surface area contributed by atoms with Gasteiger partial charge in [-0.1, -0.05) is 30.3 Å². The number of benzene rings is 2. The normalized spacial score (nSPS) is 19.8. The average molecular weight is 770 g/mol. The van der Waals surface area contributed by atoms with Gasteiger partial charge in [-0.15, -0.1) is 0 Å². The highest BCUT2D eigenvalue weighted by Crippen LogP contribution is 2.33. The van der Waals surface area contributed by atoms with Crippen LogP contribution in [0, 0.1) is 24.7 Å². The lowest BCUT2D eigenvalue weighted by Gasteiger charge is -2.38. The first-order chi connectivity index (χ1) is 27.8. The van der Waals surface area contributed by atoms with Gasteiger partial charge < -0.3 is 25.3 Å². The summed E-state index contributed by atoms with van der Waals surface area (Å²) in [5.41, 5.74) is 8.52. The van der Waals surface area contributed by atoms with Crippen molar-refractivity contribution in [3.05, 3.63) is 99.9 Å². The van der Waals surface area contributed by atoms with E-state index < -0.39 is 12.0 Å². The number of aromatic nitrogens is 1. The predicted molar refractivity (Wildman–Crippen MR) is 222 cm³/mol. The van der Waals surface area contributed by atoms with Crippen molar-refractivity contribution >= 4 is 41.5 Å². The molecule has 298 valence electrons. The summed E-state index contributed by atoms with van der Waals surface area (Å²) in [5, 5.41) is 6.67. The molecule has 0 saturated carbocycles. The van der Waals surface area contributed by atoms with Crippen LogP contribution in [0.5, 0.6) is 0 Å². The van der Waals surface area contributed by atoms with Gasteiger partial charge in [-0.05, 0) is 134 Å². The van der Waals surface area contributed by atoms with Crippen LogP contribution in [0.15, 0.2) is 71.5 Å². The molecule has 5 heterocycles. The maximum absolute atomic E-state index is 14.6. The molecule has 8 rings (SSSR count). The Morgan fingerprint density at radius 1 is 0.895 bits per heavy atom. The summed E-state index contributed by atoms with van der Waals surface area (Å²) in [6.45, 7) is 8.18. The first-order valence-corrected chi connectivity index (χ1v) is 21.0. The summed E-state index contributed by atoms with van der Waals surface area (Å²) < 4.78 is 0. The second-order valence-electron chi connectivity index (χ2n) is 16.6. The Bertz CT molecular complexity index is 2020. The lowest BCUT2D eigenvalue weighted by Crippen LogP contribution is -2.56. The van der Waals surface area contributed by atoms with E-state index in [4.69, 9.17) is 0 Å². The summed E-state index contributed by atoms with van der Waals surface area (Å²) in [7, 11) is 0. The monoisotopic (exact) mass is 769 g/mol. The van der Waals surface area contributed by atoms with Crippen molar-refractivity contribution < 1.29 is 19.2 Å². The number of anilines is 1. The second kappa shape index (κ2) is 17.5. The molecule has 11 heteroatoms. The molecule has 2 atom stereocenters. The van der Waals surface area contributed by atoms with Gasteiger partial charge in [0.2, 0.25) is 17.7 Å². The fourth-order valence-corrected chi connectivity index (χ4v) is 9.55. The zero-order valence-electron chi connectivity index (χ0n) is 33.1. The predicted octanol–water partition coefficient (Wildman–Crippen LogP) is 4.54. The average Bonchev–Trinajstić information content (AvgIpc) is 3.73. The van der Waals surface area contributed by atoms with Crippen LogP contribution in [0.1, 0.15) is 71.9 Å². The third-order valence-electron chi connectivity index (χ3n) is 12.9. The highest BCUT2D eigenvalue weighted by atomic mass is 16.2. The highest BCUT2D eigenvalue weighted by molar-refractivity contribution is 6.04. The molecule has 0 radical (unpaired) electrons. The van der Waals surface area contributed by atoms with Gasteiger partial charge in [-0.3, -0.25) is 29.2 Å². The zero-order valence-corrected chi connectivity index (χ0v) is 33.1. The minimum Gasteiger partial charge on any atom is -0.368 e. The number of likely N-dealkylation sites (tertiary alicyclic amines) is 1. The highest BCUT2D eigenvalue weighted by Gasteiger charge is 2.36. The van der Waals surface area contributed by atoms with Crippen molar-refractivity contribution in [3.8, 4) is 0 Å². The Morgan fingerprint density at radius 2 is 1.65 bits per heavy atom. The van der Waals surface area contributed by atoms with Gasteiger partial charge >= 0.3 is 0 Å². The molecule has 57 heavy (non-hydrogen) atoms. The Labute approximate surface area is 336 Å². The molecule has 11 nitrogen and oxygen atoms in total. The molecule has 3 saturated heterocycles. The number of fused-ring (bicyclic) bond motifs is 2. The number of rotatable bonds is 11. The number of aliphatic imine (C=N–C) groups is 1. The van der Waals surface area contributed by atoms with Crippen LogP contribution in [0.4, 0.5) is 5.69 Å². The van der Waals surface area contributed by atoms with Gasteiger partial charge in [-0.2, -0.15) is 0 Å². The molecule has 1 aliphatic carbocycles. The molecule has 4 aliphatic heterocycles. The largest absolute Gasteiger partial charge is 0.368 e. The van der Waals surface area contributed by atoms with Gasteiger partial charge in [0.1, 0.15) is 6.04 Å². The third-order valence-corrected chi connectivity index (χ3v) is 12.9. The summed E-state index contributed by atoms with van der Waals surface area (Å²) >= 11 is 0. The molecule has 2 aromatic carbocycles. The van der Waals surface area contributed by atoms with Crippen LogP contribution in [-0.4, -0.2) is 103 Å². The molecule has 5 aliphatic rings. The quantitative estimate of drug-likeness (QED) is 0.293. The number of ketones is 1. The van der Waals surface area contributed by atoms with E-state index in [9.17, 15) is 19.2 Å². The minimum atomic E-state index is -0.665. The van der Waals surface area contributed by atoms with E-state index in [0.717, 1.165) is 65.0 Å². The lowest BCUT2D eigenvalue weighted by molar-refractivity contribution is -0.140. The number of Topliss-reactive ketones (excluding diaryl/α,β-unsaturated/α-hetero) is 1. The summed E-state index contributed by atoms with van der Waals surface area (Å²) in [6.07, 6.45) is 12.3. The number of aryl methyl sites for hydroxylation is 1. The van der Waals surface area contributed by atoms with E-state index in [1.54, 1.807) is 12.4 Å². The summed E-state index contributed by atoms with van der Waals surface area (Å²) in [4.78, 5) is 71.0. The number of carbonyl (C=O) groups is 4. The molecule has 0 spiro atoms. The number of carbonyl (C=O) groups excluding carboxylic acids is 4. The standard InChI is InChI=1S/C46H55N7O4/c1-31-22-33(24-38-29-49-30-41(31)38)23-37(28-44(55)52-16-10-34(11-17-52)40-26-35-4-2-3-5-36(35)27-43(40)54)45(56)50-42(25-32-6-12-47-13-7-32)46(57)53-20-18-51(19-21-53)39-8-14-48-15-9-39/h2-5,8-9,14-15,22,24,26,29,32,34,37,42,47H,6-7,10-13,16-21,23,25,27-28,30H2,1H3,(H,50,56)/t37-,42-/m0/s1. The third kappa shape index (κ3) is 9.04. The van der Waals surface area contributed by atoms with Crippen molar-refractivity contribution in [1.29, 1.82) is 0 Å². The summed E-state index contributed by atoms with van der Waals surface area (Å²) in [5.74, 6) is -0.398. The minimum absolute atomic E-state index is 0.0396. The topological polar surface area (TPSA) is 127 Å². The second-order valence-corrected chi connectivity index (χ2v) is 16.6. The zero-order chi connectivity index (χ0) is 39.3. The molecular weight excluding hydrogens is 715 g/mol. The fourth-order valence-electron chi connectivity index (χ4n) is 9.55. The Balaban J connectivity index is 0.975. The molecular formula is C46H55N7O4. The number of nitrogens with zero attached hydrogens (tertiary/aromatic N) is 5. The fraction of sp³-hybridized carbons (Fsp3) is 0.478. The van der Waals surface area contributed by atoms with Crippen molar-refractivity contribution in [2.24, 2.45) is 22.7 Å². The maximum Gasteiger partial charge on any atom is 0.245 e. The number of amides is 3. The van der Waals surface area contributed by atoms with Crippen LogP contribution in [0.3, 0.4) is 0 Å². The van der Waals surface area contributed by atoms with Crippen LogP contribution >= 0.6 is 0 Å². The number of piperazine rings is 1. The number of allylic oxidation sites excluding steroid dienone is 1. The van der Waals surface area contributed by atoms with Crippen molar-refractivity contribution in [2.75, 3.05) is 57.3 Å². The van der Waals surface area contributed by atoms with Crippen LogP contribution in [0.2, 0.25) is 0 Å². The van der Waals surface area contributed by atoms with Crippen molar-refractivity contribution in [2.45, 2.75) is 70.9 Å². The van der Waals surface area contributed by atoms with E-state index in [1.165, 1.54) is 5.56 Å². The first-order valence-electron chi connectivity index (χ1n) is 21.0. The van der Waals surface area contributed by atoms with Crippen LogP contribution in [-0.2, 0) is 38.6 Å². The SMILES string of the molecule is Cc1cc(C[C@@H](CC(=O)N2CCC(C3=Cc4ccccc4CC3=O)CC2)C(=O)N[C@@H](CC2CCNCC2)C(=O)N2CCN(c3ccncc3)CC2)cc2c1CN=C2. The molecule has 3 amide bonds. The van der Waals surface area contributed by atoms with Gasteiger partial charge in [0.05, 0.1) is 12.5 Å². The molecule has 0 unspecified atom stereocenters. The summed E-state index contributed by atoms with van der Waals surface area (Å²) in [6, 6.07) is 15.6.